The minimum absolute atomic E-state index is 0.235. The number of carboxylic acid groups (broad SMARTS) is 1. The van der Waals surface area contributed by atoms with Gasteiger partial charge in [0.2, 0.25) is 5.91 Å². The van der Waals surface area contributed by atoms with Crippen LogP contribution in [0.2, 0.25) is 0 Å². The molecule has 0 aliphatic rings. The first-order valence-corrected chi connectivity index (χ1v) is 5.29. The summed E-state index contributed by atoms with van der Waals surface area (Å²) >= 11 is 0. The first kappa shape index (κ1) is 13.7. The zero-order valence-corrected chi connectivity index (χ0v) is 10.1. The fraction of sp³-hybridized carbons (Fsp3) is 0.250. The van der Waals surface area contributed by atoms with Crippen LogP contribution in [0.25, 0.3) is 0 Å². The van der Waals surface area contributed by atoms with E-state index in [0.29, 0.717) is 16.8 Å². The highest BCUT2D eigenvalue weighted by molar-refractivity contribution is 5.99. The van der Waals surface area contributed by atoms with Crippen molar-refractivity contribution in [2.24, 2.45) is 0 Å². The summed E-state index contributed by atoms with van der Waals surface area (Å²) in [6.07, 6.45) is 0. The van der Waals surface area contributed by atoms with Crippen LogP contribution in [0, 0.1) is 6.92 Å². The number of anilines is 1. The number of hydrogen-bond acceptors (Lipinski definition) is 3. The van der Waals surface area contributed by atoms with Crippen LogP contribution in [-0.2, 0) is 9.59 Å². The molecule has 0 bridgehead atoms. The van der Waals surface area contributed by atoms with Crippen molar-refractivity contribution in [3.63, 3.8) is 0 Å². The molecule has 0 aromatic heterocycles. The van der Waals surface area contributed by atoms with Gasteiger partial charge in [-0.05, 0) is 24.6 Å². The highest BCUT2D eigenvalue weighted by Crippen LogP contribution is 2.18. The lowest BCUT2D eigenvalue weighted by Gasteiger charge is -2.11. The predicted molar refractivity (Wildman–Crippen MR) is 65.5 cm³/mol. The van der Waals surface area contributed by atoms with E-state index in [1.807, 2.05) is 0 Å². The quantitative estimate of drug-likeness (QED) is 0.735. The van der Waals surface area contributed by atoms with E-state index in [-0.39, 0.29) is 5.91 Å². The molecule has 0 atom stereocenters. The summed E-state index contributed by atoms with van der Waals surface area (Å²) in [7, 11) is 0. The third-order valence-corrected chi connectivity index (χ3v) is 2.29. The van der Waals surface area contributed by atoms with Crippen LogP contribution in [0.5, 0.6) is 0 Å². The van der Waals surface area contributed by atoms with Gasteiger partial charge in [-0.15, -0.1) is 0 Å². The van der Waals surface area contributed by atoms with Gasteiger partial charge >= 0.3 is 5.97 Å². The number of benzene rings is 1. The normalized spacial score (nSPS) is 9.67. The summed E-state index contributed by atoms with van der Waals surface area (Å²) in [5, 5.41) is 13.3. The molecule has 1 aromatic carbocycles. The second-order valence-corrected chi connectivity index (χ2v) is 3.74. The van der Waals surface area contributed by atoms with Gasteiger partial charge in [0.15, 0.2) is 0 Å². The van der Waals surface area contributed by atoms with E-state index < -0.39 is 18.4 Å². The Balaban J connectivity index is 2.92. The average Bonchev–Trinajstić information content (AvgIpc) is 2.28. The van der Waals surface area contributed by atoms with Crippen LogP contribution in [0.15, 0.2) is 18.2 Å². The maximum Gasteiger partial charge on any atom is 0.322 e. The molecule has 0 heterocycles. The van der Waals surface area contributed by atoms with Gasteiger partial charge in [-0.3, -0.25) is 14.4 Å². The first-order valence-electron chi connectivity index (χ1n) is 5.29. The highest BCUT2D eigenvalue weighted by Gasteiger charge is 2.12. The Kier molecular flexibility index (Phi) is 4.42. The summed E-state index contributed by atoms with van der Waals surface area (Å²) in [5.74, 6) is -1.83. The number of nitrogens with one attached hydrogen (secondary N) is 2. The Hall–Kier alpha value is -2.37. The van der Waals surface area contributed by atoms with E-state index in [1.54, 1.807) is 25.1 Å². The summed E-state index contributed by atoms with van der Waals surface area (Å²) in [4.78, 5) is 33.1. The topological polar surface area (TPSA) is 95.5 Å². The van der Waals surface area contributed by atoms with Crippen molar-refractivity contribution in [2.75, 3.05) is 11.9 Å². The molecule has 0 fully saturated rings. The molecule has 0 unspecified atom stereocenters. The molecular weight excluding hydrogens is 236 g/mol. The molecule has 0 saturated carbocycles. The number of aliphatic carboxylic acids is 1. The lowest BCUT2D eigenvalue weighted by molar-refractivity contribution is -0.135. The maximum atomic E-state index is 11.7. The van der Waals surface area contributed by atoms with Crippen LogP contribution in [0.1, 0.15) is 22.8 Å². The third-order valence-electron chi connectivity index (χ3n) is 2.29. The second-order valence-electron chi connectivity index (χ2n) is 3.74. The smallest absolute Gasteiger partial charge is 0.322 e. The Morgan fingerprint density at radius 1 is 1.28 bits per heavy atom. The van der Waals surface area contributed by atoms with Gasteiger partial charge in [0.25, 0.3) is 5.91 Å². The number of rotatable bonds is 4. The molecule has 1 rings (SSSR count). The maximum absolute atomic E-state index is 11.7. The van der Waals surface area contributed by atoms with E-state index in [1.165, 1.54) is 6.92 Å². The monoisotopic (exact) mass is 250 g/mol. The molecule has 3 N–H and O–H groups in total. The molecular formula is C12H14N2O4. The van der Waals surface area contributed by atoms with Crippen molar-refractivity contribution in [3.05, 3.63) is 29.3 Å². The van der Waals surface area contributed by atoms with Crippen molar-refractivity contribution in [1.29, 1.82) is 0 Å². The molecule has 2 amide bonds. The van der Waals surface area contributed by atoms with Crippen LogP contribution in [-0.4, -0.2) is 29.4 Å². The lowest BCUT2D eigenvalue weighted by atomic mass is 10.1. The zero-order chi connectivity index (χ0) is 13.7. The van der Waals surface area contributed by atoms with E-state index in [2.05, 4.69) is 10.6 Å². The summed E-state index contributed by atoms with van der Waals surface area (Å²) < 4.78 is 0. The molecule has 18 heavy (non-hydrogen) atoms. The summed E-state index contributed by atoms with van der Waals surface area (Å²) in [6.45, 7) is 2.61. The Labute approximate surface area is 104 Å². The average molecular weight is 250 g/mol. The predicted octanol–water partition coefficient (Wildman–Crippen LogP) is 0.768. The van der Waals surface area contributed by atoms with Gasteiger partial charge in [-0.2, -0.15) is 0 Å². The van der Waals surface area contributed by atoms with Gasteiger partial charge < -0.3 is 15.7 Å². The van der Waals surface area contributed by atoms with Gasteiger partial charge in [-0.1, -0.05) is 6.07 Å². The van der Waals surface area contributed by atoms with Gasteiger partial charge in [0.05, 0.1) is 0 Å². The van der Waals surface area contributed by atoms with Crippen LogP contribution in [0.4, 0.5) is 5.69 Å². The van der Waals surface area contributed by atoms with Crippen molar-refractivity contribution >= 4 is 23.5 Å². The van der Waals surface area contributed by atoms with Crippen molar-refractivity contribution in [2.45, 2.75) is 13.8 Å². The fourth-order valence-corrected chi connectivity index (χ4v) is 1.46. The number of carboxylic acids is 1. The Bertz CT molecular complexity index is 497. The fourth-order valence-electron chi connectivity index (χ4n) is 1.46. The molecule has 0 radical (unpaired) electrons. The molecule has 0 aliphatic carbocycles. The van der Waals surface area contributed by atoms with Gasteiger partial charge in [0, 0.05) is 18.2 Å². The molecule has 6 nitrogen and oxygen atoms in total. The Morgan fingerprint density at radius 2 is 1.94 bits per heavy atom. The summed E-state index contributed by atoms with van der Waals surface area (Å²) in [6, 6.07) is 4.86. The molecule has 1 aromatic rings. The number of amides is 2. The van der Waals surface area contributed by atoms with Crippen LogP contribution < -0.4 is 10.6 Å². The molecule has 0 aliphatic heterocycles. The number of hydrogen-bond donors (Lipinski definition) is 3. The highest BCUT2D eigenvalue weighted by atomic mass is 16.4. The zero-order valence-electron chi connectivity index (χ0n) is 10.1. The molecule has 6 heteroatoms. The largest absolute Gasteiger partial charge is 0.480 e. The molecule has 96 valence electrons. The van der Waals surface area contributed by atoms with Crippen molar-refractivity contribution in [3.8, 4) is 0 Å². The van der Waals surface area contributed by atoms with Crippen LogP contribution >= 0.6 is 0 Å². The number of carbonyl (C=O) groups is 3. The second kappa shape index (κ2) is 5.81. The van der Waals surface area contributed by atoms with Crippen molar-refractivity contribution < 1.29 is 19.5 Å². The van der Waals surface area contributed by atoms with E-state index >= 15 is 0 Å². The van der Waals surface area contributed by atoms with Gasteiger partial charge in [0.1, 0.15) is 6.54 Å². The van der Waals surface area contributed by atoms with E-state index in [9.17, 15) is 14.4 Å². The third kappa shape index (κ3) is 3.58. The first-order chi connectivity index (χ1) is 8.41. The van der Waals surface area contributed by atoms with Gasteiger partial charge in [-0.25, -0.2) is 0 Å². The van der Waals surface area contributed by atoms with E-state index in [0.717, 1.165) is 0 Å². The molecule has 0 spiro atoms. The number of carbonyl (C=O) groups excluding carboxylic acids is 2. The minimum atomic E-state index is -1.11. The molecule has 0 saturated heterocycles. The SMILES string of the molecule is CC(=O)Nc1cccc(C(=O)NCC(=O)O)c1C. The summed E-state index contributed by atoms with van der Waals surface area (Å²) in [5.41, 5.74) is 1.46. The van der Waals surface area contributed by atoms with E-state index in [4.69, 9.17) is 5.11 Å². The Morgan fingerprint density at radius 3 is 2.50 bits per heavy atom. The minimum Gasteiger partial charge on any atom is -0.480 e. The van der Waals surface area contributed by atoms with Crippen LogP contribution in [0.3, 0.4) is 0 Å². The van der Waals surface area contributed by atoms with Crippen molar-refractivity contribution in [1.82, 2.24) is 5.32 Å². The standard InChI is InChI=1S/C12H14N2O4/c1-7-9(12(18)13-6-11(16)17)4-3-5-10(7)14-8(2)15/h3-5H,6H2,1-2H3,(H,13,18)(H,14,15)(H,16,17). The lowest BCUT2D eigenvalue weighted by Crippen LogP contribution is -2.29.